The summed E-state index contributed by atoms with van der Waals surface area (Å²) in [5.74, 6) is -1.78. The molecule has 1 aliphatic heterocycles. The van der Waals surface area contributed by atoms with Crippen LogP contribution >= 0.6 is 0 Å². The van der Waals surface area contributed by atoms with Crippen molar-refractivity contribution >= 4 is 0 Å². The molecular weight excluding hydrogens is 408 g/mol. The summed E-state index contributed by atoms with van der Waals surface area (Å²) < 4.78 is 70.2. The molecule has 0 spiro atoms. The van der Waals surface area contributed by atoms with E-state index in [1.54, 1.807) is 24.3 Å². The molecule has 9 heteroatoms. The normalized spacial score (nSPS) is 16.5. The Labute approximate surface area is 171 Å². The maximum Gasteiger partial charge on any atom is 0.573 e. The molecule has 2 aromatic carbocycles. The molecule has 5 nitrogen and oxygen atoms in total. The molecule has 1 N–H and O–H groups in total. The lowest BCUT2D eigenvalue weighted by Crippen LogP contribution is -2.47. The quantitative estimate of drug-likeness (QED) is 0.449. The summed E-state index contributed by atoms with van der Waals surface area (Å²) in [5.41, 5.74) is 0.413. The zero-order chi connectivity index (χ0) is 21.8. The highest BCUT2D eigenvalue weighted by Crippen LogP contribution is 2.34. The predicted molar refractivity (Wildman–Crippen MR) is 98.8 cm³/mol. The third-order valence-electron chi connectivity index (χ3n) is 4.68. The first-order chi connectivity index (χ1) is 14.2. The topological polar surface area (TPSA) is 57.2 Å². The molecule has 30 heavy (non-hydrogen) atoms. The lowest BCUT2D eigenvalue weighted by Gasteiger charge is -2.41. The molecule has 0 saturated carbocycles. The fraction of sp³-hybridized carbons (Fsp3) is 0.429. The van der Waals surface area contributed by atoms with E-state index < -0.39 is 24.2 Å². The van der Waals surface area contributed by atoms with Crippen LogP contribution in [0.1, 0.15) is 31.6 Å². The van der Waals surface area contributed by atoms with Gasteiger partial charge in [-0.2, -0.15) is 0 Å². The minimum atomic E-state index is -5.01. The Balaban J connectivity index is 1.57. The standard InChI is InChI=1S/C21H22F4O5/c1-2-9-20(11-27-12-20)13-28-15-5-3-14(4-6-15)19(26)29-16-7-8-18(17(22)10-16)30-21(23,24)25/h3-8,10,19,26H,2,9,11-13H2,1H3. The molecule has 3 rings (SSSR count). The Kier molecular flexibility index (Phi) is 6.72. The Morgan fingerprint density at radius 1 is 1.10 bits per heavy atom. The van der Waals surface area contributed by atoms with E-state index in [4.69, 9.17) is 14.2 Å². The summed E-state index contributed by atoms with van der Waals surface area (Å²) in [6, 6.07) is 9.05. The van der Waals surface area contributed by atoms with Gasteiger partial charge in [-0.1, -0.05) is 13.3 Å². The molecule has 1 atom stereocenters. The lowest BCUT2D eigenvalue weighted by molar-refractivity contribution is -0.275. The molecule has 0 aliphatic carbocycles. The summed E-state index contributed by atoms with van der Waals surface area (Å²) in [5, 5.41) is 10.2. The third kappa shape index (κ3) is 5.76. The van der Waals surface area contributed by atoms with Gasteiger partial charge in [0.05, 0.1) is 25.2 Å². The van der Waals surface area contributed by atoms with Gasteiger partial charge in [-0.3, -0.25) is 0 Å². The van der Waals surface area contributed by atoms with Crippen LogP contribution in [0.25, 0.3) is 0 Å². The van der Waals surface area contributed by atoms with Crippen molar-refractivity contribution in [2.75, 3.05) is 19.8 Å². The number of alkyl halides is 3. The number of rotatable bonds is 9. The van der Waals surface area contributed by atoms with E-state index in [0.717, 1.165) is 25.0 Å². The van der Waals surface area contributed by atoms with Crippen molar-refractivity contribution in [1.82, 2.24) is 0 Å². The van der Waals surface area contributed by atoms with Gasteiger partial charge in [0.2, 0.25) is 6.29 Å². The van der Waals surface area contributed by atoms with Crippen molar-refractivity contribution in [1.29, 1.82) is 0 Å². The maximum atomic E-state index is 13.7. The van der Waals surface area contributed by atoms with Gasteiger partial charge in [-0.25, -0.2) is 4.39 Å². The van der Waals surface area contributed by atoms with E-state index in [-0.39, 0.29) is 11.2 Å². The van der Waals surface area contributed by atoms with Crippen molar-refractivity contribution in [2.24, 2.45) is 5.41 Å². The molecule has 1 unspecified atom stereocenters. The van der Waals surface area contributed by atoms with Gasteiger partial charge >= 0.3 is 6.36 Å². The summed E-state index contributed by atoms with van der Waals surface area (Å²) >= 11 is 0. The summed E-state index contributed by atoms with van der Waals surface area (Å²) in [6.07, 6.45) is -4.40. The van der Waals surface area contributed by atoms with Crippen LogP contribution in [0.3, 0.4) is 0 Å². The van der Waals surface area contributed by atoms with Crippen molar-refractivity contribution in [3.63, 3.8) is 0 Å². The van der Waals surface area contributed by atoms with Crippen molar-refractivity contribution < 1.29 is 41.6 Å². The molecule has 2 aromatic rings. The second-order valence-electron chi connectivity index (χ2n) is 7.21. The summed E-state index contributed by atoms with van der Waals surface area (Å²) in [7, 11) is 0. The highest BCUT2D eigenvalue weighted by molar-refractivity contribution is 5.34. The Bertz CT molecular complexity index is 834. The van der Waals surface area contributed by atoms with Crippen LogP contribution in [0.2, 0.25) is 0 Å². The fourth-order valence-corrected chi connectivity index (χ4v) is 3.15. The molecule has 0 bridgehead atoms. The largest absolute Gasteiger partial charge is 0.573 e. The molecule has 0 aromatic heterocycles. The van der Waals surface area contributed by atoms with Gasteiger partial charge in [-0.05, 0) is 42.8 Å². The van der Waals surface area contributed by atoms with Gasteiger partial charge < -0.3 is 24.1 Å². The van der Waals surface area contributed by atoms with Crippen LogP contribution < -0.4 is 14.2 Å². The maximum absolute atomic E-state index is 13.7. The second-order valence-corrected chi connectivity index (χ2v) is 7.21. The number of halogens is 4. The first-order valence-corrected chi connectivity index (χ1v) is 9.40. The van der Waals surface area contributed by atoms with E-state index in [1.807, 2.05) is 0 Å². The fourth-order valence-electron chi connectivity index (χ4n) is 3.15. The highest BCUT2D eigenvalue weighted by atomic mass is 19.4. The summed E-state index contributed by atoms with van der Waals surface area (Å²) in [4.78, 5) is 0. The number of hydrogen-bond donors (Lipinski definition) is 1. The van der Waals surface area contributed by atoms with Gasteiger partial charge in [0.15, 0.2) is 11.6 Å². The van der Waals surface area contributed by atoms with Crippen LogP contribution in [0, 0.1) is 11.2 Å². The van der Waals surface area contributed by atoms with E-state index in [1.165, 1.54) is 0 Å². The third-order valence-corrected chi connectivity index (χ3v) is 4.68. The van der Waals surface area contributed by atoms with Crippen molar-refractivity contribution in [3.8, 4) is 17.2 Å². The van der Waals surface area contributed by atoms with Crippen LogP contribution in [-0.4, -0.2) is 31.3 Å². The van der Waals surface area contributed by atoms with Gasteiger partial charge in [0, 0.05) is 11.6 Å². The van der Waals surface area contributed by atoms with E-state index in [9.17, 15) is 22.7 Å². The summed E-state index contributed by atoms with van der Waals surface area (Å²) in [6.45, 7) is 3.99. The van der Waals surface area contributed by atoms with Crippen LogP contribution in [0.4, 0.5) is 17.6 Å². The SMILES string of the molecule is CCCC1(COc2ccc(C(O)Oc3ccc(OC(F)(F)F)c(F)c3)cc2)COC1. The van der Waals surface area contributed by atoms with Crippen LogP contribution in [0.15, 0.2) is 42.5 Å². The lowest BCUT2D eigenvalue weighted by atomic mass is 9.82. The zero-order valence-electron chi connectivity index (χ0n) is 16.2. The van der Waals surface area contributed by atoms with E-state index in [0.29, 0.717) is 37.2 Å². The average molecular weight is 430 g/mol. The van der Waals surface area contributed by atoms with Gasteiger partial charge in [0.1, 0.15) is 11.5 Å². The molecule has 164 valence electrons. The smallest absolute Gasteiger partial charge is 0.493 e. The second kappa shape index (κ2) is 9.09. The van der Waals surface area contributed by atoms with Gasteiger partial charge in [0.25, 0.3) is 0 Å². The highest BCUT2D eigenvalue weighted by Gasteiger charge is 2.38. The molecular formula is C21H22F4O5. The zero-order valence-corrected chi connectivity index (χ0v) is 16.2. The Morgan fingerprint density at radius 2 is 1.77 bits per heavy atom. The first kappa shape index (κ1) is 22.2. The first-order valence-electron chi connectivity index (χ1n) is 9.40. The minimum Gasteiger partial charge on any atom is -0.493 e. The Morgan fingerprint density at radius 3 is 2.30 bits per heavy atom. The Hall–Kier alpha value is -2.52. The minimum absolute atomic E-state index is 0.0438. The number of hydrogen-bond acceptors (Lipinski definition) is 5. The average Bonchev–Trinajstić information content (AvgIpc) is 2.65. The number of aliphatic hydroxyl groups is 1. The molecule has 1 saturated heterocycles. The van der Waals surface area contributed by atoms with E-state index >= 15 is 0 Å². The molecule has 1 heterocycles. The number of benzene rings is 2. The molecule has 1 fully saturated rings. The number of aliphatic hydroxyl groups excluding tert-OH is 1. The monoisotopic (exact) mass is 430 g/mol. The van der Waals surface area contributed by atoms with Crippen LogP contribution in [-0.2, 0) is 4.74 Å². The molecule has 1 aliphatic rings. The predicted octanol–water partition coefficient (Wildman–Crippen LogP) is 4.99. The molecule has 0 amide bonds. The van der Waals surface area contributed by atoms with Crippen molar-refractivity contribution in [2.45, 2.75) is 32.4 Å². The van der Waals surface area contributed by atoms with Crippen molar-refractivity contribution in [3.05, 3.63) is 53.8 Å². The number of ether oxygens (including phenoxy) is 4. The van der Waals surface area contributed by atoms with E-state index in [2.05, 4.69) is 11.7 Å². The molecule has 0 radical (unpaired) electrons. The van der Waals surface area contributed by atoms with Crippen LogP contribution in [0.5, 0.6) is 17.2 Å². The van der Waals surface area contributed by atoms with Gasteiger partial charge in [-0.15, -0.1) is 13.2 Å².